The smallest absolute Gasteiger partial charge is 0.264 e. The van der Waals surface area contributed by atoms with Crippen molar-refractivity contribution < 1.29 is 9.59 Å². The Hall–Kier alpha value is -5.28. The number of hydrogen-bond donors (Lipinski definition) is 1. The molecule has 2 aliphatic rings. The molecule has 9 nitrogen and oxygen atoms in total. The number of hydrogen-bond acceptors (Lipinski definition) is 7. The number of anilines is 3. The first-order valence-electron chi connectivity index (χ1n) is 13.8. The van der Waals surface area contributed by atoms with Crippen molar-refractivity contribution in [1.82, 2.24) is 14.8 Å². The van der Waals surface area contributed by atoms with Crippen LogP contribution in [0.2, 0.25) is 0 Å². The van der Waals surface area contributed by atoms with E-state index in [1.807, 2.05) is 84.7 Å². The minimum atomic E-state index is -0.863. The van der Waals surface area contributed by atoms with E-state index in [-0.39, 0.29) is 17.4 Å². The molecule has 4 heterocycles. The van der Waals surface area contributed by atoms with Crippen LogP contribution in [0.4, 0.5) is 17.2 Å². The van der Waals surface area contributed by atoms with Crippen LogP contribution in [-0.2, 0) is 16.1 Å². The topological polar surface area (TPSA) is 90.3 Å². The van der Waals surface area contributed by atoms with E-state index in [0.717, 1.165) is 11.3 Å². The van der Waals surface area contributed by atoms with Gasteiger partial charge in [0.1, 0.15) is 17.5 Å². The average molecular weight is 557 g/mol. The summed E-state index contributed by atoms with van der Waals surface area (Å²) in [4.78, 5) is 50.6. The molecule has 1 N–H and O–H groups in total. The highest BCUT2D eigenvalue weighted by molar-refractivity contribution is 6.25. The monoisotopic (exact) mass is 556 g/mol. The minimum Gasteiger partial charge on any atom is -0.355 e. The molecule has 7 rings (SSSR count). The third-order valence-electron chi connectivity index (χ3n) is 7.97. The van der Waals surface area contributed by atoms with E-state index < -0.39 is 18.0 Å². The second-order valence-corrected chi connectivity index (χ2v) is 10.6. The fourth-order valence-corrected chi connectivity index (χ4v) is 6.07. The zero-order chi connectivity index (χ0) is 28.8. The molecular formula is C33H28N6O3. The van der Waals surface area contributed by atoms with Gasteiger partial charge < -0.3 is 4.90 Å². The van der Waals surface area contributed by atoms with Gasteiger partial charge in [0.2, 0.25) is 5.91 Å². The molecule has 2 aliphatic heterocycles. The normalized spacial score (nSPS) is 19.9. The number of aromatic nitrogens is 2. The van der Waals surface area contributed by atoms with E-state index in [0.29, 0.717) is 29.3 Å². The van der Waals surface area contributed by atoms with E-state index in [4.69, 9.17) is 4.98 Å². The Morgan fingerprint density at radius 1 is 0.762 bits per heavy atom. The summed E-state index contributed by atoms with van der Waals surface area (Å²) in [6, 6.07) is 32.0. The van der Waals surface area contributed by atoms with Gasteiger partial charge in [-0.1, -0.05) is 72.8 Å². The summed E-state index contributed by atoms with van der Waals surface area (Å²) in [5, 5.41) is 1.73. The number of rotatable bonds is 6. The highest BCUT2D eigenvalue weighted by atomic mass is 16.2. The van der Waals surface area contributed by atoms with Crippen molar-refractivity contribution in [1.29, 1.82) is 0 Å². The number of benzene rings is 3. The van der Waals surface area contributed by atoms with Crippen LogP contribution in [0.5, 0.6) is 0 Å². The summed E-state index contributed by atoms with van der Waals surface area (Å²) in [5.41, 5.74) is 6.22. The quantitative estimate of drug-likeness (QED) is 0.317. The van der Waals surface area contributed by atoms with Crippen molar-refractivity contribution in [3.8, 4) is 0 Å². The average Bonchev–Trinajstić information content (AvgIpc) is 3.54. The lowest BCUT2D eigenvalue weighted by atomic mass is 9.91. The van der Waals surface area contributed by atoms with E-state index in [2.05, 4.69) is 5.43 Å². The highest BCUT2D eigenvalue weighted by Gasteiger charge is 2.60. The second kappa shape index (κ2) is 10.3. The Balaban J connectivity index is 1.41. The molecule has 3 atom stereocenters. The lowest BCUT2D eigenvalue weighted by Crippen LogP contribution is -2.46. The summed E-state index contributed by atoms with van der Waals surface area (Å²) in [7, 11) is 1.89. The third-order valence-corrected chi connectivity index (χ3v) is 7.97. The molecule has 2 fully saturated rings. The summed E-state index contributed by atoms with van der Waals surface area (Å²) < 4.78 is 1.49. The van der Waals surface area contributed by atoms with E-state index in [1.165, 1.54) is 9.30 Å². The van der Waals surface area contributed by atoms with Crippen LogP contribution in [-0.4, -0.2) is 34.3 Å². The van der Waals surface area contributed by atoms with Crippen molar-refractivity contribution in [2.45, 2.75) is 18.6 Å². The molecule has 2 saturated heterocycles. The van der Waals surface area contributed by atoms with Crippen LogP contribution >= 0.6 is 0 Å². The first-order valence-corrected chi connectivity index (χ1v) is 13.8. The minimum absolute atomic E-state index is 0.292. The summed E-state index contributed by atoms with van der Waals surface area (Å²) in [5.74, 6) is -1.11. The van der Waals surface area contributed by atoms with Crippen LogP contribution in [0.15, 0.2) is 120 Å². The van der Waals surface area contributed by atoms with Crippen molar-refractivity contribution >= 4 is 34.7 Å². The number of nitrogens with zero attached hydrogens (tertiary/aromatic N) is 5. The van der Waals surface area contributed by atoms with Gasteiger partial charge in [-0.3, -0.25) is 23.8 Å². The molecule has 42 heavy (non-hydrogen) atoms. The number of amides is 2. The zero-order valence-corrected chi connectivity index (χ0v) is 22.9. The maximum atomic E-state index is 14.3. The Kier molecular flexibility index (Phi) is 6.28. The Morgan fingerprint density at radius 2 is 1.38 bits per heavy atom. The summed E-state index contributed by atoms with van der Waals surface area (Å²) in [6.45, 7) is 0.496. The van der Waals surface area contributed by atoms with Gasteiger partial charge in [0.05, 0.1) is 28.9 Å². The van der Waals surface area contributed by atoms with Gasteiger partial charge in [0.15, 0.2) is 0 Å². The fraction of sp³-hybridized carbons (Fsp3) is 0.152. The van der Waals surface area contributed by atoms with Crippen LogP contribution in [0.1, 0.15) is 17.2 Å². The molecule has 3 aromatic carbocycles. The molecule has 0 bridgehead atoms. The molecule has 0 radical (unpaired) electrons. The largest absolute Gasteiger partial charge is 0.355 e. The van der Waals surface area contributed by atoms with Gasteiger partial charge in [-0.15, -0.1) is 0 Å². The molecule has 0 aliphatic carbocycles. The standard InChI is InChI=1S/C33H28N6O3/c1-36(21-22-13-5-2-6-14-22)30-27(31(40)37-20-12-11-19-25(37)34-30)28-26-29(39(35-28)24-17-9-4-10-18-24)33(42)38(32(26)41)23-15-7-3-8-16-23/h2-20,26,28-29,35H,21H2,1H3/t26-,28-,29+/m1/s1. The first-order chi connectivity index (χ1) is 20.5. The molecule has 9 heteroatoms. The lowest BCUT2D eigenvalue weighted by molar-refractivity contribution is -0.122. The molecule has 0 saturated carbocycles. The number of pyridine rings is 1. The fourth-order valence-electron chi connectivity index (χ4n) is 6.07. The molecule has 2 aromatic heterocycles. The SMILES string of the molecule is CN(Cc1ccccc1)c1nc2ccccn2c(=O)c1[C@@H]1NN(c2ccccc2)[C@@H]2C(=O)N(c3ccccc3)C(=O)[C@@H]21. The number of imide groups is 1. The van der Waals surface area contributed by atoms with E-state index in [1.54, 1.807) is 47.6 Å². The number of carbonyl (C=O) groups is 2. The number of hydrazine groups is 1. The zero-order valence-electron chi connectivity index (χ0n) is 22.9. The molecule has 0 unspecified atom stereocenters. The van der Waals surface area contributed by atoms with Gasteiger partial charge in [0, 0.05) is 19.8 Å². The number of nitrogens with one attached hydrogen (secondary N) is 1. The number of carbonyl (C=O) groups excluding carboxylic acids is 2. The maximum Gasteiger partial charge on any atom is 0.264 e. The van der Waals surface area contributed by atoms with Crippen molar-refractivity contribution in [3.63, 3.8) is 0 Å². The molecule has 5 aromatic rings. The first kappa shape index (κ1) is 25.7. The van der Waals surface area contributed by atoms with Crippen molar-refractivity contribution in [3.05, 3.63) is 137 Å². The van der Waals surface area contributed by atoms with Gasteiger partial charge in [0.25, 0.3) is 11.5 Å². The Labute approximate surface area is 242 Å². The van der Waals surface area contributed by atoms with Crippen LogP contribution < -0.4 is 25.8 Å². The molecular weight excluding hydrogens is 528 g/mol. The van der Waals surface area contributed by atoms with Gasteiger partial charge in [-0.05, 0) is 42.0 Å². The van der Waals surface area contributed by atoms with E-state index in [9.17, 15) is 14.4 Å². The second-order valence-electron chi connectivity index (χ2n) is 10.6. The lowest BCUT2D eigenvalue weighted by Gasteiger charge is -2.28. The predicted octanol–water partition coefficient (Wildman–Crippen LogP) is 3.96. The summed E-state index contributed by atoms with van der Waals surface area (Å²) >= 11 is 0. The van der Waals surface area contributed by atoms with E-state index >= 15 is 0 Å². The highest BCUT2D eigenvalue weighted by Crippen LogP contribution is 2.44. The molecule has 208 valence electrons. The van der Waals surface area contributed by atoms with Gasteiger partial charge in [-0.25, -0.2) is 15.3 Å². The van der Waals surface area contributed by atoms with Crippen molar-refractivity contribution in [2.75, 3.05) is 21.9 Å². The van der Waals surface area contributed by atoms with Gasteiger partial charge >= 0.3 is 0 Å². The number of fused-ring (bicyclic) bond motifs is 2. The maximum absolute atomic E-state index is 14.3. The van der Waals surface area contributed by atoms with Crippen LogP contribution in [0, 0.1) is 5.92 Å². The van der Waals surface area contributed by atoms with Gasteiger partial charge in [-0.2, -0.15) is 0 Å². The number of para-hydroxylation sites is 2. The third kappa shape index (κ3) is 4.13. The Bertz CT molecular complexity index is 1840. The summed E-state index contributed by atoms with van der Waals surface area (Å²) in [6.07, 6.45) is 1.68. The van der Waals surface area contributed by atoms with Crippen molar-refractivity contribution in [2.24, 2.45) is 5.92 Å². The van der Waals surface area contributed by atoms with Crippen LogP contribution in [0.3, 0.4) is 0 Å². The molecule has 2 amide bonds. The predicted molar refractivity (Wildman–Crippen MR) is 161 cm³/mol. The Morgan fingerprint density at radius 3 is 2.07 bits per heavy atom. The van der Waals surface area contributed by atoms with Crippen LogP contribution in [0.25, 0.3) is 5.65 Å². The molecule has 0 spiro atoms.